The predicted octanol–water partition coefficient (Wildman–Crippen LogP) is 5.76. The standard InChI is InChI=1S/C27H24F3N4O4P/c1-33-20-11-17(22-16(26(33)35)5-4-6-21(22)38-27(29)30)23-19-10-14(7-8-34(19)32-24(20)23)15-9-18(28)25(31-12-15)37-13-39(2,3)36/h4-10,12,17,20,27H,11,13H2,1-3H3. The smallest absolute Gasteiger partial charge is 0.387 e. The molecule has 1 aliphatic carbocycles. The summed E-state index contributed by atoms with van der Waals surface area (Å²) in [6, 6.07) is 9.14. The molecule has 2 unspecified atom stereocenters. The fourth-order valence-electron chi connectivity index (χ4n) is 5.45. The molecule has 1 aliphatic heterocycles. The lowest BCUT2D eigenvalue weighted by Crippen LogP contribution is -2.30. The summed E-state index contributed by atoms with van der Waals surface area (Å²) in [6.45, 7) is 0.0456. The fourth-order valence-corrected chi connectivity index (χ4v) is 5.88. The number of benzene rings is 1. The maximum Gasteiger partial charge on any atom is 0.387 e. The summed E-state index contributed by atoms with van der Waals surface area (Å²) in [6.07, 6.45) is 3.55. The molecule has 12 heteroatoms. The number of ether oxygens (including phenoxy) is 2. The molecule has 0 spiro atoms. The van der Waals surface area contributed by atoms with E-state index in [-0.39, 0.29) is 29.9 Å². The Hall–Kier alpha value is -3.85. The topological polar surface area (TPSA) is 86.0 Å². The zero-order valence-corrected chi connectivity index (χ0v) is 22.2. The quantitative estimate of drug-likeness (QED) is 0.281. The van der Waals surface area contributed by atoms with Gasteiger partial charge < -0.3 is 18.9 Å². The van der Waals surface area contributed by atoms with E-state index in [1.807, 2.05) is 6.07 Å². The lowest BCUT2D eigenvalue weighted by Gasteiger charge is -2.23. The summed E-state index contributed by atoms with van der Waals surface area (Å²) in [7, 11) is -0.839. The molecular formula is C27H24F3N4O4P. The Morgan fingerprint density at radius 1 is 1.15 bits per heavy atom. The molecule has 0 fully saturated rings. The molecule has 8 nitrogen and oxygen atoms in total. The predicted molar refractivity (Wildman–Crippen MR) is 138 cm³/mol. The van der Waals surface area contributed by atoms with E-state index in [0.29, 0.717) is 39.9 Å². The molecule has 4 aromatic rings. The first-order chi connectivity index (χ1) is 18.5. The summed E-state index contributed by atoms with van der Waals surface area (Å²) < 4.78 is 65.2. The average molecular weight is 556 g/mol. The highest BCUT2D eigenvalue weighted by atomic mass is 31.2. The minimum atomic E-state index is -3.05. The highest BCUT2D eigenvalue weighted by Gasteiger charge is 2.46. The molecule has 3 aromatic heterocycles. The van der Waals surface area contributed by atoms with Crippen molar-refractivity contribution in [2.45, 2.75) is 25.0 Å². The van der Waals surface area contributed by atoms with Crippen molar-refractivity contribution in [3.8, 4) is 22.8 Å². The number of hydrogen-bond donors (Lipinski definition) is 0. The van der Waals surface area contributed by atoms with Crippen molar-refractivity contribution in [3.05, 3.63) is 77.0 Å². The van der Waals surface area contributed by atoms with Crippen molar-refractivity contribution in [3.63, 3.8) is 0 Å². The van der Waals surface area contributed by atoms with Gasteiger partial charge in [0.25, 0.3) is 11.8 Å². The van der Waals surface area contributed by atoms with Crippen molar-refractivity contribution in [2.75, 3.05) is 26.7 Å². The number of carbonyl (C=O) groups is 1. The fraction of sp³-hybridized carbons (Fsp3) is 0.296. The van der Waals surface area contributed by atoms with E-state index in [0.717, 1.165) is 5.56 Å². The van der Waals surface area contributed by atoms with Gasteiger partial charge >= 0.3 is 6.61 Å². The zero-order valence-electron chi connectivity index (χ0n) is 21.3. The average Bonchev–Trinajstić information content (AvgIpc) is 3.40. The van der Waals surface area contributed by atoms with Crippen molar-refractivity contribution in [1.82, 2.24) is 19.5 Å². The van der Waals surface area contributed by atoms with Crippen LogP contribution in [0, 0.1) is 5.82 Å². The van der Waals surface area contributed by atoms with E-state index in [1.54, 1.807) is 48.1 Å². The van der Waals surface area contributed by atoms with Gasteiger partial charge in [-0.15, -0.1) is 0 Å². The highest BCUT2D eigenvalue weighted by Crippen LogP contribution is 2.53. The largest absolute Gasteiger partial charge is 0.468 e. The van der Waals surface area contributed by atoms with Crippen LogP contribution in [0.25, 0.3) is 16.6 Å². The lowest BCUT2D eigenvalue weighted by atomic mass is 9.88. The van der Waals surface area contributed by atoms with Crippen molar-refractivity contribution >= 4 is 18.6 Å². The van der Waals surface area contributed by atoms with Gasteiger partial charge in [-0.2, -0.15) is 13.9 Å². The van der Waals surface area contributed by atoms with Crippen LogP contribution in [0.4, 0.5) is 13.2 Å². The van der Waals surface area contributed by atoms with Crippen LogP contribution in [0.1, 0.15) is 45.6 Å². The second-order valence-corrected chi connectivity index (χ2v) is 13.6. The number of carbonyl (C=O) groups excluding carboxylic acids is 1. The first kappa shape index (κ1) is 25.4. The van der Waals surface area contributed by atoms with Crippen LogP contribution >= 0.6 is 7.14 Å². The Kier molecular flexibility index (Phi) is 5.95. The van der Waals surface area contributed by atoms with Crippen molar-refractivity contribution in [1.29, 1.82) is 0 Å². The van der Waals surface area contributed by atoms with E-state index in [1.165, 1.54) is 24.4 Å². The Balaban J connectivity index is 1.46. The van der Waals surface area contributed by atoms with Gasteiger partial charge in [-0.1, -0.05) is 6.07 Å². The Morgan fingerprint density at radius 2 is 1.95 bits per heavy atom. The van der Waals surface area contributed by atoms with Crippen LogP contribution in [0.2, 0.25) is 0 Å². The number of amides is 1. The van der Waals surface area contributed by atoms with Gasteiger partial charge in [-0.3, -0.25) is 4.79 Å². The normalized spacial score (nSPS) is 18.3. The zero-order chi connectivity index (χ0) is 27.6. The summed E-state index contributed by atoms with van der Waals surface area (Å²) in [5.41, 5.74) is 4.06. The summed E-state index contributed by atoms with van der Waals surface area (Å²) in [5.74, 6) is -1.65. The Morgan fingerprint density at radius 3 is 2.67 bits per heavy atom. The van der Waals surface area contributed by atoms with Crippen LogP contribution in [-0.2, 0) is 4.57 Å². The molecule has 0 saturated carbocycles. The molecule has 39 heavy (non-hydrogen) atoms. The molecule has 6 rings (SSSR count). The minimum absolute atomic E-state index is 0.0381. The van der Waals surface area contributed by atoms with E-state index in [2.05, 4.69) is 4.98 Å². The minimum Gasteiger partial charge on any atom is -0.468 e. The molecule has 0 N–H and O–H groups in total. The molecule has 2 aliphatic rings. The molecule has 1 amide bonds. The summed E-state index contributed by atoms with van der Waals surface area (Å²) in [5, 5.41) is 4.74. The van der Waals surface area contributed by atoms with Gasteiger partial charge in [-0.25, -0.2) is 13.9 Å². The second kappa shape index (κ2) is 9.12. The molecule has 4 heterocycles. The summed E-state index contributed by atoms with van der Waals surface area (Å²) in [4.78, 5) is 18.9. The maximum absolute atomic E-state index is 14.8. The Bertz CT molecular complexity index is 1690. The summed E-state index contributed by atoms with van der Waals surface area (Å²) >= 11 is 0. The number of aromatic nitrogens is 3. The van der Waals surface area contributed by atoms with E-state index in [4.69, 9.17) is 14.6 Å². The van der Waals surface area contributed by atoms with Crippen LogP contribution in [0.15, 0.2) is 48.8 Å². The first-order valence-corrected chi connectivity index (χ1v) is 15.0. The number of alkyl halides is 2. The second-order valence-electron chi connectivity index (χ2n) is 10.2. The number of fused-ring (bicyclic) bond motifs is 9. The highest BCUT2D eigenvalue weighted by molar-refractivity contribution is 7.62. The maximum atomic E-state index is 14.8. The number of pyridine rings is 2. The molecule has 202 valence electrons. The van der Waals surface area contributed by atoms with Gasteiger partial charge in [0.2, 0.25) is 0 Å². The third-order valence-electron chi connectivity index (χ3n) is 7.13. The molecule has 1 aromatic carbocycles. The third kappa shape index (κ3) is 4.34. The molecule has 2 bridgehead atoms. The lowest BCUT2D eigenvalue weighted by molar-refractivity contribution is -0.0505. The first-order valence-electron chi connectivity index (χ1n) is 12.2. The van der Waals surface area contributed by atoms with Crippen molar-refractivity contribution < 1.29 is 32.0 Å². The molecule has 2 atom stereocenters. The van der Waals surface area contributed by atoms with E-state index >= 15 is 0 Å². The number of nitrogens with zero attached hydrogens (tertiary/aromatic N) is 4. The van der Waals surface area contributed by atoms with Crippen molar-refractivity contribution in [2.24, 2.45) is 0 Å². The molecule has 0 radical (unpaired) electrons. The van der Waals surface area contributed by atoms with Gasteiger partial charge in [0, 0.05) is 47.6 Å². The number of rotatable bonds is 6. The SMILES string of the molecule is CN1C(=O)c2cccc(OC(F)F)c2C2CC1c1nn3ccc(-c4cnc(OCP(C)(C)=O)c(F)c4)cc3c12. The third-order valence-corrected chi connectivity index (χ3v) is 7.88. The van der Waals surface area contributed by atoms with E-state index < -0.39 is 25.5 Å². The number of hydrogen-bond acceptors (Lipinski definition) is 6. The van der Waals surface area contributed by atoms with Crippen LogP contribution < -0.4 is 9.47 Å². The van der Waals surface area contributed by atoms with Gasteiger partial charge in [0.05, 0.1) is 17.3 Å². The molecular weight excluding hydrogens is 532 g/mol. The van der Waals surface area contributed by atoms with Gasteiger partial charge in [0.15, 0.2) is 5.82 Å². The number of halogens is 3. The van der Waals surface area contributed by atoms with E-state index in [9.17, 15) is 22.5 Å². The van der Waals surface area contributed by atoms with Crippen LogP contribution in [-0.4, -0.2) is 58.7 Å². The monoisotopic (exact) mass is 556 g/mol. The van der Waals surface area contributed by atoms with Gasteiger partial charge in [0.1, 0.15) is 19.2 Å². The van der Waals surface area contributed by atoms with Gasteiger partial charge in [-0.05, 0) is 55.6 Å². The van der Waals surface area contributed by atoms with Crippen LogP contribution in [0.5, 0.6) is 11.6 Å². The Labute approximate surface area is 221 Å². The van der Waals surface area contributed by atoms with Crippen LogP contribution in [0.3, 0.4) is 0 Å². The molecule has 0 saturated heterocycles.